The number of nitrogens with zero attached hydrogens (tertiary/aromatic N) is 1. The lowest BCUT2D eigenvalue weighted by molar-refractivity contribution is -0.113. The van der Waals surface area contributed by atoms with Crippen LogP contribution in [0.25, 0.3) is 6.08 Å². The Balaban J connectivity index is 1.93. The highest BCUT2D eigenvalue weighted by atomic mass is 127. The van der Waals surface area contributed by atoms with Gasteiger partial charge in [-0.05, 0) is 64.6 Å². The van der Waals surface area contributed by atoms with Crippen molar-refractivity contribution in [2.24, 2.45) is 0 Å². The summed E-state index contributed by atoms with van der Waals surface area (Å²) >= 11 is 14.9. The third-order valence-corrected chi connectivity index (χ3v) is 5.28. The van der Waals surface area contributed by atoms with Gasteiger partial charge in [0.15, 0.2) is 4.32 Å². The minimum atomic E-state index is -0.115. The molecule has 1 fully saturated rings. The van der Waals surface area contributed by atoms with Gasteiger partial charge in [-0.1, -0.05) is 53.8 Å². The lowest BCUT2D eigenvalue weighted by Gasteiger charge is -2.14. The fourth-order valence-electron chi connectivity index (χ4n) is 2.02. The fourth-order valence-corrected chi connectivity index (χ4v) is 3.86. The van der Waals surface area contributed by atoms with Gasteiger partial charge in [-0.2, -0.15) is 0 Å². The first-order chi connectivity index (χ1) is 10.5. The second kappa shape index (κ2) is 6.70. The van der Waals surface area contributed by atoms with Crippen LogP contribution in [0.5, 0.6) is 0 Å². The number of benzene rings is 2. The Hall–Kier alpha value is -0.890. The molecule has 1 aliphatic rings. The van der Waals surface area contributed by atoms with Gasteiger partial charge in [0.2, 0.25) is 0 Å². The van der Waals surface area contributed by atoms with Gasteiger partial charge in [-0.15, -0.1) is 0 Å². The van der Waals surface area contributed by atoms with Crippen molar-refractivity contribution >= 4 is 80.2 Å². The predicted molar refractivity (Wildman–Crippen MR) is 106 cm³/mol. The van der Waals surface area contributed by atoms with E-state index in [-0.39, 0.29) is 5.91 Å². The molecule has 2 aromatic rings. The first kappa shape index (κ1) is 16.0. The second-order valence-corrected chi connectivity index (χ2v) is 7.91. The Bertz CT molecular complexity index is 789. The van der Waals surface area contributed by atoms with Crippen LogP contribution in [0, 0.1) is 3.57 Å². The molecule has 1 aliphatic heterocycles. The van der Waals surface area contributed by atoms with Gasteiger partial charge in [-0.3, -0.25) is 9.69 Å². The van der Waals surface area contributed by atoms with Crippen LogP contribution in [0.4, 0.5) is 5.69 Å². The van der Waals surface area contributed by atoms with Crippen LogP contribution in [0.15, 0.2) is 53.4 Å². The van der Waals surface area contributed by atoms with Crippen LogP contribution in [0.1, 0.15) is 5.56 Å². The van der Waals surface area contributed by atoms with Gasteiger partial charge >= 0.3 is 0 Å². The quantitative estimate of drug-likeness (QED) is 0.344. The van der Waals surface area contributed by atoms with Crippen LogP contribution in [-0.2, 0) is 4.79 Å². The number of thiocarbonyl (C=S) groups is 1. The summed E-state index contributed by atoms with van der Waals surface area (Å²) in [7, 11) is 0. The zero-order valence-electron chi connectivity index (χ0n) is 11.1. The molecule has 0 N–H and O–H groups in total. The molecular formula is C16H9ClINOS2. The number of amides is 1. The Morgan fingerprint density at radius 2 is 1.91 bits per heavy atom. The van der Waals surface area contributed by atoms with E-state index in [0.717, 1.165) is 9.13 Å². The molecule has 1 heterocycles. The zero-order chi connectivity index (χ0) is 15.7. The Morgan fingerprint density at radius 1 is 1.18 bits per heavy atom. The van der Waals surface area contributed by atoms with E-state index < -0.39 is 0 Å². The molecule has 1 saturated heterocycles. The molecule has 0 radical (unpaired) electrons. The third kappa shape index (κ3) is 3.37. The van der Waals surface area contributed by atoms with E-state index in [0.29, 0.717) is 19.9 Å². The van der Waals surface area contributed by atoms with Crippen LogP contribution >= 0.6 is 58.2 Å². The van der Waals surface area contributed by atoms with E-state index in [1.54, 1.807) is 18.2 Å². The normalized spacial score (nSPS) is 16.6. The van der Waals surface area contributed by atoms with E-state index in [9.17, 15) is 4.79 Å². The summed E-state index contributed by atoms with van der Waals surface area (Å²) in [5.41, 5.74) is 1.67. The Morgan fingerprint density at radius 3 is 2.59 bits per heavy atom. The minimum Gasteiger partial charge on any atom is -0.268 e. The van der Waals surface area contributed by atoms with Gasteiger partial charge in [-0.25, -0.2) is 0 Å². The van der Waals surface area contributed by atoms with Crippen molar-refractivity contribution in [1.82, 2.24) is 0 Å². The number of carbonyl (C=O) groups is 1. The average molecular weight is 458 g/mol. The predicted octanol–water partition coefficient (Wildman–Crippen LogP) is 5.35. The highest BCUT2D eigenvalue weighted by Gasteiger charge is 2.33. The summed E-state index contributed by atoms with van der Waals surface area (Å²) in [6.07, 6.45) is 1.86. The molecule has 110 valence electrons. The van der Waals surface area contributed by atoms with Gasteiger partial charge in [0.05, 0.1) is 10.6 Å². The fraction of sp³-hybridized carbons (Fsp3) is 0. The number of hydrogen-bond donors (Lipinski definition) is 0. The second-order valence-electron chi connectivity index (χ2n) is 4.55. The van der Waals surface area contributed by atoms with Gasteiger partial charge in [0, 0.05) is 8.59 Å². The largest absolute Gasteiger partial charge is 0.270 e. The summed E-state index contributed by atoms with van der Waals surface area (Å²) in [6, 6.07) is 15.1. The van der Waals surface area contributed by atoms with E-state index in [2.05, 4.69) is 22.6 Å². The van der Waals surface area contributed by atoms with Crippen LogP contribution in [-0.4, -0.2) is 10.2 Å². The number of hydrogen-bond acceptors (Lipinski definition) is 3. The maximum absolute atomic E-state index is 12.6. The van der Waals surface area contributed by atoms with Gasteiger partial charge in [0.25, 0.3) is 5.91 Å². The number of rotatable bonds is 2. The zero-order valence-corrected chi connectivity index (χ0v) is 15.7. The van der Waals surface area contributed by atoms with Crippen molar-refractivity contribution < 1.29 is 4.79 Å². The van der Waals surface area contributed by atoms with Gasteiger partial charge in [0.1, 0.15) is 0 Å². The smallest absolute Gasteiger partial charge is 0.268 e. The van der Waals surface area contributed by atoms with Crippen molar-refractivity contribution in [2.75, 3.05) is 4.90 Å². The van der Waals surface area contributed by atoms with E-state index in [1.165, 1.54) is 16.7 Å². The summed E-state index contributed by atoms with van der Waals surface area (Å²) in [6.45, 7) is 0. The van der Waals surface area contributed by atoms with E-state index >= 15 is 0 Å². The maximum Gasteiger partial charge on any atom is 0.270 e. The molecule has 0 unspecified atom stereocenters. The standard InChI is InChI=1S/C16H9ClINOS2/c17-11-2-1-3-13(9-11)19-15(20)14(22-16(19)21)8-10-4-6-12(18)7-5-10/h1-9H. The van der Waals surface area contributed by atoms with E-state index in [1.807, 2.05) is 36.4 Å². The molecule has 0 atom stereocenters. The Labute approximate surface area is 156 Å². The summed E-state index contributed by atoms with van der Waals surface area (Å²) < 4.78 is 1.67. The molecule has 0 spiro atoms. The summed E-state index contributed by atoms with van der Waals surface area (Å²) in [5.74, 6) is -0.115. The first-order valence-electron chi connectivity index (χ1n) is 6.34. The average Bonchev–Trinajstić information content (AvgIpc) is 2.76. The number of carbonyl (C=O) groups excluding carboxylic acids is 1. The Kier molecular flexibility index (Phi) is 4.87. The van der Waals surface area contributed by atoms with Crippen molar-refractivity contribution in [1.29, 1.82) is 0 Å². The van der Waals surface area contributed by atoms with Crippen molar-refractivity contribution in [3.8, 4) is 0 Å². The molecule has 2 nitrogen and oxygen atoms in total. The number of thioether (sulfide) groups is 1. The van der Waals surface area contributed by atoms with E-state index in [4.69, 9.17) is 23.8 Å². The highest BCUT2D eigenvalue weighted by Crippen LogP contribution is 2.36. The van der Waals surface area contributed by atoms with Crippen LogP contribution < -0.4 is 4.90 Å². The molecule has 22 heavy (non-hydrogen) atoms. The topological polar surface area (TPSA) is 20.3 Å². The number of anilines is 1. The van der Waals surface area contributed by atoms with Crippen molar-refractivity contribution in [3.63, 3.8) is 0 Å². The monoisotopic (exact) mass is 457 g/mol. The van der Waals surface area contributed by atoms with Crippen LogP contribution in [0.2, 0.25) is 5.02 Å². The van der Waals surface area contributed by atoms with Gasteiger partial charge < -0.3 is 0 Å². The highest BCUT2D eigenvalue weighted by molar-refractivity contribution is 14.1. The molecule has 2 aromatic carbocycles. The molecule has 3 rings (SSSR count). The molecule has 0 aromatic heterocycles. The number of halogens is 2. The molecule has 0 aliphatic carbocycles. The third-order valence-electron chi connectivity index (χ3n) is 3.03. The minimum absolute atomic E-state index is 0.115. The lowest BCUT2D eigenvalue weighted by atomic mass is 10.2. The lowest BCUT2D eigenvalue weighted by Crippen LogP contribution is -2.27. The summed E-state index contributed by atoms with van der Waals surface area (Å²) in [5, 5.41) is 0.577. The maximum atomic E-state index is 12.6. The first-order valence-corrected chi connectivity index (χ1v) is 9.02. The summed E-state index contributed by atoms with van der Waals surface area (Å²) in [4.78, 5) is 14.7. The molecule has 0 bridgehead atoms. The molecule has 0 saturated carbocycles. The molecule has 1 amide bonds. The van der Waals surface area contributed by atoms with Crippen LogP contribution in [0.3, 0.4) is 0 Å². The molecular weight excluding hydrogens is 449 g/mol. The van der Waals surface area contributed by atoms with Crippen molar-refractivity contribution in [3.05, 3.63) is 67.6 Å². The van der Waals surface area contributed by atoms with Crippen molar-refractivity contribution in [2.45, 2.75) is 0 Å². The SMILES string of the molecule is O=C1C(=Cc2ccc(I)cc2)SC(=S)N1c1cccc(Cl)c1. The molecule has 6 heteroatoms.